The SMILES string of the molecule is CN(Cc1nccn1C)C(=O)c1nonc1N. The topological polar surface area (TPSA) is 103 Å². The normalized spacial score (nSPS) is 10.5. The van der Waals surface area contributed by atoms with Crippen LogP contribution in [-0.2, 0) is 13.6 Å². The van der Waals surface area contributed by atoms with Gasteiger partial charge in [-0.1, -0.05) is 0 Å². The maximum atomic E-state index is 11.9. The molecule has 2 rings (SSSR count). The first-order valence-electron chi connectivity index (χ1n) is 4.89. The van der Waals surface area contributed by atoms with Gasteiger partial charge in [0.25, 0.3) is 5.91 Å². The highest BCUT2D eigenvalue weighted by atomic mass is 16.6. The summed E-state index contributed by atoms with van der Waals surface area (Å²) in [6, 6.07) is 0. The molecule has 0 aliphatic rings. The zero-order valence-electron chi connectivity index (χ0n) is 9.49. The van der Waals surface area contributed by atoms with Gasteiger partial charge in [0.05, 0.1) is 6.54 Å². The maximum Gasteiger partial charge on any atom is 0.280 e. The van der Waals surface area contributed by atoms with Crippen LogP contribution in [0.3, 0.4) is 0 Å². The van der Waals surface area contributed by atoms with Gasteiger partial charge in [-0.25, -0.2) is 9.61 Å². The number of imidazole rings is 1. The van der Waals surface area contributed by atoms with Gasteiger partial charge in [-0.2, -0.15) is 0 Å². The van der Waals surface area contributed by atoms with Crippen LogP contribution in [0.25, 0.3) is 0 Å². The molecular formula is C9H12N6O2. The molecule has 0 atom stereocenters. The molecule has 8 heteroatoms. The average Bonchev–Trinajstić information content (AvgIpc) is 2.88. The number of nitrogens with two attached hydrogens (primary N) is 1. The number of carbonyl (C=O) groups is 1. The zero-order chi connectivity index (χ0) is 12.4. The van der Waals surface area contributed by atoms with Crippen LogP contribution in [0.15, 0.2) is 17.0 Å². The Morgan fingerprint density at radius 2 is 2.35 bits per heavy atom. The summed E-state index contributed by atoms with van der Waals surface area (Å²) in [5.74, 6) is 0.393. The van der Waals surface area contributed by atoms with Gasteiger partial charge in [-0.3, -0.25) is 4.79 Å². The van der Waals surface area contributed by atoms with Crippen molar-refractivity contribution in [1.29, 1.82) is 0 Å². The number of carbonyl (C=O) groups excluding carboxylic acids is 1. The van der Waals surface area contributed by atoms with E-state index in [1.54, 1.807) is 19.4 Å². The van der Waals surface area contributed by atoms with Crippen molar-refractivity contribution in [3.05, 3.63) is 23.9 Å². The van der Waals surface area contributed by atoms with E-state index in [1.807, 2.05) is 11.6 Å². The molecule has 0 radical (unpaired) electrons. The molecular weight excluding hydrogens is 224 g/mol. The number of aromatic nitrogens is 4. The minimum Gasteiger partial charge on any atom is -0.379 e. The molecule has 0 aliphatic carbocycles. The van der Waals surface area contributed by atoms with E-state index >= 15 is 0 Å². The molecule has 0 spiro atoms. The summed E-state index contributed by atoms with van der Waals surface area (Å²) in [5.41, 5.74) is 5.46. The van der Waals surface area contributed by atoms with Crippen molar-refractivity contribution in [3.63, 3.8) is 0 Å². The number of anilines is 1. The molecule has 1 amide bonds. The number of amides is 1. The van der Waals surface area contributed by atoms with Gasteiger partial charge in [0, 0.05) is 26.5 Å². The Balaban J connectivity index is 2.11. The number of hydrogen-bond acceptors (Lipinski definition) is 6. The number of aryl methyl sites for hydroxylation is 1. The third kappa shape index (κ3) is 2.10. The van der Waals surface area contributed by atoms with Crippen LogP contribution in [-0.4, -0.2) is 37.7 Å². The highest BCUT2D eigenvalue weighted by Crippen LogP contribution is 2.09. The van der Waals surface area contributed by atoms with Crippen molar-refractivity contribution < 1.29 is 9.42 Å². The lowest BCUT2D eigenvalue weighted by Crippen LogP contribution is -2.28. The van der Waals surface area contributed by atoms with Crippen molar-refractivity contribution >= 4 is 11.7 Å². The molecule has 0 fully saturated rings. The smallest absolute Gasteiger partial charge is 0.280 e. The van der Waals surface area contributed by atoms with Crippen molar-refractivity contribution in [2.45, 2.75) is 6.54 Å². The first-order valence-corrected chi connectivity index (χ1v) is 4.89. The van der Waals surface area contributed by atoms with Crippen LogP contribution in [0.5, 0.6) is 0 Å². The largest absolute Gasteiger partial charge is 0.379 e. The van der Waals surface area contributed by atoms with E-state index in [0.717, 1.165) is 5.82 Å². The standard InChI is InChI=1S/C9H12N6O2/c1-14-4-3-11-6(14)5-15(2)9(16)7-8(10)13-17-12-7/h3-4H,5H2,1-2H3,(H2,10,13). The molecule has 2 aromatic heterocycles. The Bertz CT molecular complexity index is 531. The Kier molecular flexibility index (Phi) is 2.77. The number of nitrogens with zero attached hydrogens (tertiary/aromatic N) is 5. The molecule has 0 aliphatic heterocycles. The van der Waals surface area contributed by atoms with Crippen LogP contribution in [0.4, 0.5) is 5.82 Å². The first-order chi connectivity index (χ1) is 8.09. The van der Waals surface area contributed by atoms with Crippen molar-refractivity contribution in [2.24, 2.45) is 7.05 Å². The Labute approximate surface area is 97.0 Å². The molecule has 17 heavy (non-hydrogen) atoms. The third-order valence-corrected chi connectivity index (χ3v) is 2.36. The summed E-state index contributed by atoms with van der Waals surface area (Å²) in [6.45, 7) is 0.356. The lowest BCUT2D eigenvalue weighted by Gasteiger charge is -2.15. The van der Waals surface area contributed by atoms with Gasteiger partial charge in [-0.15, -0.1) is 0 Å². The fraction of sp³-hybridized carbons (Fsp3) is 0.333. The summed E-state index contributed by atoms with van der Waals surface area (Å²) in [6.07, 6.45) is 3.47. The molecule has 0 saturated carbocycles. The number of hydrogen-bond donors (Lipinski definition) is 1. The van der Waals surface area contributed by atoms with Crippen molar-refractivity contribution in [3.8, 4) is 0 Å². The lowest BCUT2D eigenvalue weighted by atomic mass is 10.3. The highest BCUT2D eigenvalue weighted by Gasteiger charge is 2.20. The number of rotatable bonds is 3. The first kappa shape index (κ1) is 11.1. The van der Waals surface area contributed by atoms with Gasteiger partial charge < -0.3 is 15.2 Å². The van der Waals surface area contributed by atoms with E-state index in [9.17, 15) is 4.79 Å². The third-order valence-electron chi connectivity index (χ3n) is 2.36. The van der Waals surface area contributed by atoms with E-state index in [-0.39, 0.29) is 17.4 Å². The van der Waals surface area contributed by atoms with E-state index in [4.69, 9.17) is 5.73 Å². The molecule has 2 N–H and O–H groups in total. The number of nitrogen functional groups attached to an aromatic ring is 1. The maximum absolute atomic E-state index is 11.9. The predicted molar refractivity (Wildman–Crippen MR) is 57.7 cm³/mol. The fourth-order valence-corrected chi connectivity index (χ4v) is 1.36. The van der Waals surface area contributed by atoms with Crippen LogP contribution in [0.2, 0.25) is 0 Å². The molecule has 2 heterocycles. The minimum atomic E-state index is -0.355. The summed E-state index contributed by atoms with van der Waals surface area (Å²) >= 11 is 0. The highest BCUT2D eigenvalue weighted by molar-refractivity contribution is 5.95. The quantitative estimate of drug-likeness (QED) is 0.781. The van der Waals surface area contributed by atoms with Gasteiger partial charge in [-0.05, 0) is 10.3 Å². The molecule has 0 saturated heterocycles. The minimum absolute atomic E-state index is 0.0123. The lowest BCUT2D eigenvalue weighted by molar-refractivity contribution is 0.0770. The molecule has 0 aromatic carbocycles. The second kappa shape index (κ2) is 4.24. The molecule has 90 valence electrons. The van der Waals surface area contributed by atoms with Crippen molar-refractivity contribution in [2.75, 3.05) is 12.8 Å². The summed E-state index contributed by atoms with van der Waals surface area (Å²) in [4.78, 5) is 17.5. The van der Waals surface area contributed by atoms with Gasteiger partial charge in [0.2, 0.25) is 11.5 Å². The molecule has 2 aromatic rings. The second-order valence-electron chi connectivity index (χ2n) is 3.61. The van der Waals surface area contributed by atoms with Gasteiger partial charge in [0.1, 0.15) is 5.82 Å². The predicted octanol–water partition coefficient (Wildman–Crippen LogP) is -0.342. The molecule has 0 unspecified atom stereocenters. The Morgan fingerprint density at radius 3 is 2.88 bits per heavy atom. The summed E-state index contributed by atoms with van der Waals surface area (Å²) < 4.78 is 6.21. The van der Waals surface area contributed by atoms with E-state index in [0.29, 0.717) is 6.54 Å². The van der Waals surface area contributed by atoms with E-state index in [2.05, 4.69) is 19.9 Å². The second-order valence-corrected chi connectivity index (χ2v) is 3.61. The fourth-order valence-electron chi connectivity index (χ4n) is 1.36. The monoisotopic (exact) mass is 236 g/mol. The Morgan fingerprint density at radius 1 is 1.59 bits per heavy atom. The van der Waals surface area contributed by atoms with Crippen LogP contribution in [0.1, 0.15) is 16.3 Å². The summed E-state index contributed by atoms with van der Waals surface area (Å²) in [5, 5.41) is 6.82. The van der Waals surface area contributed by atoms with Crippen LogP contribution in [0, 0.1) is 0 Å². The Hall–Kier alpha value is -2.38. The van der Waals surface area contributed by atoms with E-state index in [1.165, 1.54) is 4.90 Å². The van der Waals surface area contributed by atoms with E-state index < -0.39 is 0 Å². The van der Waals surface area contributed by atoms with Crippen molar-refractivity contribution in [1.82, 2.24) is 24.8 Å². The van der Waals surface area contributed by atoms with Crippen LogP contribution >= 0.6 is 0 Å². The molecule has 0 bridgehead atoms. The van der Waals surface area contributed by atoms with Gasteiger partial charge in [0.15, 0.2) is 0 Å². The van der Waals surface area contributed by atoms with Crippen LogP contribution < -0.4 is 5.73 Å². The van der Waals surface area contributed by atoms with Gasteiger partial charge >= 0.3 is 0 Å². The summed E-state index contributed by atoms with van der Waals surface area (Å²) in [7, 11) is 3.48. The zero-order valence-corrected chi connectivity index (χ0v) is 9.49. The molecule has 8 nitrogen and oxygen atoms in total. The average molecular weight is 236 g/mol.